The molecule has 0 N–H and O–H groups in total. The van der Waals surface area contributed by atoms with Crippen LogP contribution in [0.1, 0.15) is 32.1 Å². The highest BCUT2D eigenvalue weighted by atomic mass is 35.5. The van der Waals surface area contributed by atoms with Gasteiger partial charge < -0.3 is 0 Å². The van der Waals surface area contributed by atoms with E-state index in [1.165, 1.54) is 18.4 Å². The first kappa shape index (κ1) is 7.35. The topological polar surface area (TPSA) is 17.1 Å². The first-order chi connectivity index (χ1) is 5.27. The van der Waals surface area contributed by atoms with E-state index in [0.29, 0.717) is 0 Å². The molecular formula is C9H11ClO. The number of hydrogen-bond acceptors (Lipinski definition) is 1. The highest BCUT2D eigenvalue weighted by molar-refractivity contribution is 6.64. The molecule has 0 fully saturated rings. The van der Waals surface area contributed by atoms with Gasteiger partial charge in [0.2, 0.25) is 5.24 Å². The lowest BCUT2D eigenvalue weighted by Crippen LogP contribution is -2.20. The number of halogens is 1. The lowest BCUT2D eigenvalue weighted by atomic mass is 9.74. The van der Waals surface area contributed by atoms with Crippen molar-refractivity contribution < 1.29 is 4.79 Å². The van der Waals surface area contributed by atoms with E-state index >= 15 is 0 Å². The zero-order valence-corrected chi connectivity index (χ0v) is 7.16. The monoisotopic (exact) mass is 170 g/mol. The van der Waals surface area contributed by atoms with Crippen molar-refractivity contribution in [2.45, 2.75) is 32.1 Å². The molecule has 0 bridgehead atoms. The Hall–Kier alpha value is -0.300. The van der Waals surface area contributed by atoms with E-state index in [2.05, 4.69) is 0 Å². The van der Waals surface area contributed by atoms with Crippen molar-refractivity contribution in [2.24, 2.45) is 5.92 Å². The highest BCUT2D eigenvalue weighted by Crippen LogP contribution is 2.41. The Morgan fingerprint density at radius 2 is 2.00 bits per heavy atom. The highest BCUT2D eigenvalue weighted by Gasteiger charge is 2.28. The zero-order chi connectivity index (χ0) is 7.84. The second kappa shape index (κ2) is 2.63. The third-order valence-electron chi connectivity index (χ3n) is 2.84. The average molecular weight is 171 g/mol. The molecule has 2 aliphatic rings. The van der Waals surface area contributed by atoms with Gasteiger partial charge in [-0.15, -0.1) is 0 Å². The van der Waals surface area contributed by atoms with Crippen LogP contribution >= 0.6 is 11.6 Å². The summed E-state index contributed by atoms with van der Waals surface area (Å²) < 4.78 is 0. The maximum Gasteiger partial charge on any atom is 0.225 e. The molecule has 0 saturated carbocycles. The van der Waals surface area contributed by atoms with Gasteiger partial charge in [0.1, 0.15) is 0 Å². The Morgan fingerprint density at radius 3 is 2.45 bits per heavy atom. The summed E-state index contributed by atoms with van der Waals surface area (Å²) in [4.78, 5) is 10.8. The first-order valence-electron chi connectivity index (χ1n) is 4.16. The fraction of sp³-hybridized carbons (Fsp3) is 0.667. The summed E-state index contributed by atoms with van der Waals surface area (Å²) in [5, 5.41) is -0.136. The predicted molar refractivity (Wildman–Crippen MR) is 44.5 cm³/mol. The van der Waals surface area contributed by atoms with Crippen LogP contribution in [0.25, 0.3) is 0 Å². The van der Waals surface area contributed by atoms with Crippen molar-refractivity contribution in [1.82, 2.24) is 0 Å². The van der Waals surface area contributed by atoms with Crippen LogP contribution in [0, 0.1) is 5.92 Å². The minimum Gasteiger partial charge on any atom is -0.281 e. The number of carbonyl (C=O) groups excluding carboxylic acids is 1. The number of hydrogen-bond donors (Lipinski definition) is 0. The molecule has 11 heavy (non-hydrogen) atoms. The largest absolute Gasteiger partial charge is 0.281 e. The van der Waals surface area contributed by atoms with Crippen LogP contribution in [0.15, 0.2) is 11.1 Å². The molecule has 0 saturated heterocycles. The quantitative estimate of drug-likeness (QED) is 0.437. The Labute approximate surface area is 71.4 Å². The second-order valence-corrected chi connectivity index (χ2v) is 3.82. The molecule has 1 nitrogen and oxygen atoms in total. The van der Waals surface area contributed by atoms with Crippen LogP contribution in [-0.4, -0.2) is 5.24 Å². The van der Waals surface area contributed by atoms with E-state index in [-0.39, 0.29) is 11.2 Å². The van der Waals surface area contributed by atoms with Crippen LogP contribution in [-0.2, 0) is 4.79 Å². The average Bonchev–Trinajstić information content (AvgIpc) is 1.91. The molecule has 0 aromatic rings. The number of carbonyl (C=O) groups is 1. The van der Waals surface area contributed by atoms with Gasteiger partial charge >= 0.3 is 0 Å². The van der Waals surface area contributed by atoms with Crippen molar-refractivity contribution in [3.63, 3.8) is 0 Å². The molecular weight excluding hydrogens is 160 g/mol. The van der Waals surface area contributed by atoms with Crippen molar-refractivity contribution >= 4 is 16.8 Å². The molecule has 0 aromatic carbocycles. The van der Waals surface area contributed by atoms with Gasteiger partial charge in [-0.3, -0.25) is 4.79 Å². The van der Waals surface area contributed by atoms with Gasteiger partial charge in [0, 0.05) is 5.92 Å². The summed E-state index contributed by atoms with van der Waals surface area (Å²) in [6.07, 6.45) is 5.56. The minimum absolute atomic E-state index is 0.135. The van der Waals surface area contributed by atoms with Gasteiger partial charge in [-0.1, -0.05) is 11.1 Å². The molecule has 2 aliphatic carbocycles. The van der Waals surface area contributed by atoms with Crippen LogP contribution < -0.4 is 0 Å². The Bertz CT molecular complexity index is 230. The van der Waals surface area contributed by atoms with E-state index in [9.17, 15) is 4.79 Å². The SMILES string of the molecule is O=C(Cl)C1CCC2=C(CC2)C1. The van der Waals surface area contributed by atoms with Crippen molar-refractivity contribution in [1.29, 1.82) is 0 Å². The maximum atomic E-state index is 10.8. The van der Waals surface area contributed by atoms with Crippen LogP contribution in [0.2, 0.25) is 0 Å². The molecule has 1 unspecified atom stereocenters. The molecule has 0 spiro atoms. The lowest BCUT2D eigenvalue weighted by molar-refractivity contribution is -0.115. The van der Waals surface area contributed by atoms with E-state index in [0.717, 1.165) is 19.3 Å². The molecule has 0 aliphatic heterocycles. The summed E-state index contributed by atoms with van der Waals surface area (Å²) in [5.74, 6) is 0.135. The predicted octanol–water partition coefficient (Wildman–Crippen LogP) is 2.64. The third kappa shape index (κ3) is 1.22. The molecule has 0 radical (unpaired) electrons. The summed E-state index contributed by atoms with van der Waals surface area (Å²) in [6.45, 7) is 0. The first-order valence-corrected chi connectivity index (χ1v) is 4.54. The van der Waals surface area contributed by atoms with Gasteiger partial charge in [0.25, 0.3) is 0 Å². The molecule has 60 valence electrons. The zero-order valence-electron chi connectivity index (χ0n) is 6.40. The van der Waals surface area contributed by atoms with Gasteiger partial charge in [-0.2, -0.15) is 0 Å². The summed E-state index contributed by atoms with van der Waals surface area (Å²) >= 11 is 5.43. The molecule has 0 aromatic heterocycles. The van der Waals surface area contributed by atoms with Gasteiger partial charge in [-0.05, 0) is 43.7 Å². The lowest BCUT2D eigenvalue weighted by Gasteiger charge is -2.31. The van der Waals surface area contributed by atoms with E-state index in [1.54, 1.807) is 5.57 Å². The van der Waals surface area contributed by atoms with Crippen molar-refractivity contribution in [2.75, 3.05) is 0 Å². The Morgan fingerprint density at radius 1 is 1.27 bits per heavy atom. The molecule has 2 rings (SSSR count). The number of allylic oxidation sites excluding steroid dienone is 2. The van der Waals surface area contributed by atoms with E-state index < -0.39 is 0 Å². The second-order valence-electron chi connectivity index (χ2n) is 3.45. The van der Waals surface area contributed by atoms with Crippen LogP contribution in [0.3, 0.4) is 0 Å². The Balaban J connectivity index is 2.07. The fourth-order valence-electron chi connectivity index (χ4n) is 1.97. The summed E-state index contributed by atoms with van der Waals surface area (Å²) in [5.41, 5.74) is 3.13. The van der Waals surface area contributed by atoms with Gasteiger partial charge in [0.05, 0.1) is 0 Å². The van der Waals surface area contributed by atoms with Crippen LogP contribution in [0.5, 0.6) is 0 Å². The Kier molecular flexibility index (Phi) is 1.76. The maximum absolute atomic E-state index is 10.8. The van der Waals surface area contributed by atoms with Gasteiger partial charge in [0.15, 0.2) is 0 Å². The fourth-order valence-corrected chi connectivity index (χ4v) is 2.15. The molecule has 2 heteroatoms. The molecule has 0 heterocycles. The molecule has 0 amide bonds. The minimum atomic E-state index is -0.136. The summed E-state index contributed by atoms with van der Waals surface area (Å²) in [7, 11) is 0. The third-order valence-corrected chi connectivity index (χ3v) is 3.15. The van der Waals surface area contributed by atoms with E-state index in [4.69, 9.17) is 11.6 Å². The van der Waals surface area contributed by atoms with E-state index in [1.807, 2.05) is 0 Å². The van der Waals surface area contributed by atoms with Crippen LogP contribution in [0.4, 0.5) is 0 Å². The summed E-state index contributed by atoms with van der Waals surface area (Å²) in [6, 6.07) is 0. The van der Waals surface area contributed by atoms with Crippen molar-refractivity contribution in [3.05, 3.63) is 11.1 Å². The smallest absolute Gasteiger partial charge is 0.225 e. The number of rotatable bonds is 1. The molecule has 1 atom stereocenters. The van der Waals surface area contributed by atoms with Crippen molar-refractivity contribution in [3.8, 4) is 0 Å². The van der Waals surface area contributed by atoms with Gasteiger partial charge in [-0.25, -0.2) is 0 Å². The standard InChI is InChI=1S/C9H11ClO/c10-9(11)8-4-2-6-1-3-7(6)5-8/h8H,1-5H2. The normalized spacial score (nSPS) is 29.4.